The average molecular weight is 378 g/mol. The summed E-state index contributed by atoms with van der Waals surface area (Å²) in [5, 5.41) is 0.252. The van der Waals surface area contributed by atoms with Gasteiger partial charge in [0.25, 0.3) is 11.8 Å². The van der Waals surface area contributed by atoms with Crippen LogP contribution in [0.1, 0.15) is 31.1 Å². The lowest BCUT2D eigenvalue weighted by Crippen LogP contribution is -2.33. The Hall–Kier alpha value is -3.27. The minimum atomic E-state index is -3.77. The maximum Gasteiger partial charge on any atom is 0.366 e. The molecule has 0 atom stereocenters. The molecule has 1 N–H and O–H groups in total. The summed E-state index contributed by atoms with van der Waals surface area (Å²) in [4.78, 5) is 41.5. The van der Waals surface area contributed by atoms with Crippen LogP contribution in [0.5, 0.6) is 0 Å². The van der Waals surface area contributed by atoms with Crippen LogP contribution in [0.25, 0.3) is 0 Å². The van der Waals surface area contributed by atoms with Crippen molar-refractivity contribution in [2.75, 3.05) is 11.0 Å². The van der Waals surface area contributed by atoms with Crippen LogP contribution in [-0.2, 0) is 14.9 Å². The quantitative estimate of drug-likeness (QED) is 0.809. The van der Waals surface area contributed by atoms with Gasteiger partial charge in [0.05, 0.1) is 28.6 Å². The Morgan fingerprint density at radius 3 is 2.19 bits per heavy atom. The van der Waals surface area contributed by atoms with Gasteiger partial charge in [0.15, 0.2) is 0 Å². The molecule has 0 fully saturated rings. The first-order chi connectivity index (χ1) is 12.2. The first-order valence-corrected chi connectivity index (χ1v) is 9.04. The summed E-state index contributed by atoms with van der Waals surface area (Å²) in [5.41, 5.74) is -0.638. The van der Waals surface area contributed by atoms with Crippen molar-refractivity contribution in [3.8, 4) is 0 Å². The van der Waals surface area contributed by atoms with Crippen LogP contribution >= 0.6 is 0 Å². The molecule has 0 aromatic heterocycles. The second-order valence-corrected chi connectivity index (χ2v) is 7.14. The number of fused-ring (bicyclic) bond motifs is 1. The highest BCUT2D eigenvalue weighted by atomic mass is 32.2. The molecule has 134 valence electrons. The summed E-state index contributed by atoms with van der Waals surface area (Å²) in [6.45, 7) is 0. The van der Waals surface area contributed by atoms with E-state index in [0.717, 1.165) is 24.5 Å². The van der Waals surface area contributed by atoms with Crippen LogP contribution in [0, 0.1) is 5.82 Å². The van der Waals surface area contributed by atoms with E-state index in [9.17, 15) is 27.2 Å². The Bertz CT molecular complexity index is 1020. The monoisotopic (exact) mass is 378 g/mol. The van der Waals surface area contributed by atoms with Crippen molar-refractivity contribution in [2.24, 2.45) is 0 Å². The van der Waals surface area contributed by atoms with E-state index in [1.165, 1.54) is 24.3 Å². The van der Waals surface area contributed by atoms with Crippen LogP contribution < -0.4 is 4.72 Å². The van der Waals surface area contributed by atoms with Crippen LogP contribution in [0.3, 0.4) is 0 Å². The molecule has 10 heteroatoms. The van der Waals surface area contributed by atoms with E-state index in [0.29, 0.717) is 0 Å². The number of carbonyl (C=O) groups excluding carboxylic acids is 3. The molecule has 8 nitrogen and oxygen atoms in total. The van der Waals surface area contributed by atoms with Gasteiger partial charge in [0.2, 0.25) is 10.0 Å². The zero-order valence-electron chi connectivity index (χ0n) is 13.2. The average Bonchev–Trinajstić information content (AvgIpc) is 2.81. The molecule has 0 unspecified atom stereocenters. The molecule has 3 rings (SSSR count). The molecule has 0 radical (unpaired) electrons. The lowest BCUT2D eigenvalue weighted by Gasteiger charge is -2.15. The number of imide groups is 1. The van der Waals surface area contributed by atoms with E-state index < -0.39 is 39.2 Å². The third-order valence-corrected chi connectivity index (χ3v) is 4.02. The minimum Gasteiger partial charge on any atom is -0.324 e. The minimum absolute atomic E-state index is 0.0547. The second-order valence-electron chi connectivity index (χ2n) is 5.39. The van der Waals surface area contributed by atoms with Gasteiger partial charge in [-0.05, 0) is 30.3 Å². The van der Waals surface area contributed by atoms with E-state index in [1.807, 2.05) is 4.72 Å². The summed E-state index contributed by atoms with van der Waals surface area (Å²) in [7, 11) is -3.77. The number of halogens is 1. The van der Waals surface area contributed by atoms with Crippen molar-refractivity contribution in [3.05, 3.63) is 65.0 Å². The van der Waals surface area contributed by atoms with E-state index in [-0.39, 0.29) is 21.9 Å². The van der Waals surface area contributed by atoms with E-state index in [4.69, 9.17) is 4.84 Å². The molecule has 0 saturated heterocycles. The van der Waals surface area contributed by atoms with Crippen LogP contribution in [0.2, 0.25) is 0 Å². The number of hydroxylamine groups is 2. The van der Waals surface area contributed by atoms with Crippen LogP contribution in [-0.4, -0.2) is 37.5 Å². The lowest BCUT2D eigenvalue weighted by atomic mass is 10.1. The Kier molecular flexibility index (Phi) is 4.20. The second kappa shape index (κ2) is 6.23. The summed E-state index contributed by atoms with van der Waals surface area (Å²) in [6.07, 6.45) is 0.843. The predicted molar refractivity (Wildman–Crippen MR) is 87.2 cm³/mol. The number of sulfonamides is 1. The Labute approximate surface area is 147 Å². The van der Waals surface area contributed by atoms with Crippen molar-refractivity contribution in [3.63, 3.8) is 0 Å². The van der Waals surface area contributed by atoms with Crippen molar-refractivity contribution in [1.29, 1.82) is 0 Å². The van der Waals surface area contributed by atoms with Gasteiger partial charge in [-0.3, -0.25) is 14.3 Å². The molecule has 2 aromatic carbocycles. The molecule has 2 aromatic rings. The van der Waals surface area contributed by atoms with Crippen molar-refractivity contribution in [1.82, 2.24) is 5.06 Å². The van der Waals surface area contributed by atoms with Gasteiger partial charge in [0.1, 0.15) is 5.82 Å². The Morgan fingerprint density at radius 1 is 1.08 bits per heavy atom. The summed E-state index contributed by atoms with van der Waals surface area (Å²) in [6, 6.07) is 8.55. The van der Waals surface area contributed by atoms with Crippen LogP contribution in [0.4, 0.5) is 10.1 Å². The highest BCUT2D eigenvalue weighted by Gasteiger charge is 2.39. The maximum absolute atomic E-state index is 13.5. The van der Waals surface area contributed by atoms with Crippen molar-refractivity contribution in [2.45, 2.75) is 0 Å². The number of carbonyl (C=O) groups is 3. The molecule has 0 bridgehead atoms. The number of benzene rings is 2. The number of rotatable bonds is 4. The van der Waals surface area contributed by atoms with Crippen molar-refractivity contribution < 1.29 is 32.0 Å². The third kappa shape index (κ3) is 3.26. The molecule has 0 aliphatic carbocycles. The normalized spacial score (nSPS) is 13.5. The number of anilines is 1. The zero-order valence-corrected chi connectivity index (χ0v) is 14.0. The lowest BCUT2D eigenvalue weighted by molar-refractivity contribution is -0.0584. The molecule has 0 saturated carbocycles. The van der Waals surface area contributed by atoms with E-state index in [2.05, 4.69) is 0 Å². The number of hydrogen-bond donors (Lipinski definition) is 1. The molecule has 1 aliphatic rings. The van der Waals surface area contributed by atoms with Gasteiger partial charge < -0.3 is 4.84 Å². The SMILES string of the molecule is CS(=O)(=O)Nc1ccc(F)cc1C(=O)ON1C(=O)c2ccccc2C1=O. The topological polar surface area (TPSA) is 110 Å². The fourth-order valence-electron chi connectivity index (χ4n) is 2.36. The molecular formula is C16H11FN2O6S. The van der Waals surface area contributed by atoms with Crippen LogP contribution in [0.15, 0.2) is 42.5 Å². The fourth-order valence-corrected chi connectivity index (χ4v) is 2.93. The van der Waals surface area contributed by atoms with E-state index in [1.54, 1.807) is 0 Å². The number of hydrogen-bond acceptors (Lipinski definition) is 6. The van der Waals surface area contributed by atoms with Gasteiger partial charge in [-0.2, -0.15) is 0 Å². The standard InChI is InChI=1S/C16H11FN2O6S/c1-26(23,24)18-13-7-6-9(17)8-12(13)16(22)25-19-14(20)10-4-2-3-5-11(10)15(19)21/h2-8,18H,1H3. The fraction of sp³-hybridized carbons (Fsp3) is 0.0625. The summed E-state index contributed by atoms with van der Waals surface area (Å²) < 4.78 is 38.3. The first-order valence-electron chi connectivity index (χ1n) is 7.15. The molecule has 2 amide bonds. The largest absolute Gasteiger partial charge is 0.366 e. The zero-order chi connectivity index (χ0) is 19.1. The van der Waals surface area contributed by atoms with E-state index >= 15 is 0 Å². The first kappa shape index (κ1) is 17.5. The molecular weight excluding hydrogens is 367 g/mol. The Morgan fingerprint density at radius 2 is 1.65 bits per heavy atom. The highest BCUT2D eigenvalue weighted by molar-refractivity contribution is 7.92. The molecule has 0 spiro atoms. The van der Waals surface area contributed by atoms with Gasteiger partial charge in [-0.15, -0.1) is 0 Å². The van der Waals surface area contributed by atoms with Gasteiger partial charge in [-0.1, -0.05) is 17.2 Å². The predicted octanol–water partition coefficient (Wildman–Crippen LogP) is 1.57. The maximum atomic E-state index is 13.5. The van der Waals surface area contributed by atoms with Gasteiger partial charge >= 0.3 is 5.97 Å². The van der Waals surface area contributed by atoms with Gasteiger partial charge in [0, 0.05) is 0 Å². The molecule has 1 heterocycles. The molecule has 26 heavy (non-hydrogen) atoms. The third-order valence-electron chi connectivity index (χ3n) is 3.43. The van der Waals surface area contributed by atoms with Crippen molar-refractivity contribution >= 4 is 33.5 Å². The van der Waals surface area contributed by atoms with Gasteiger partial charge in [-0.25, -0.2) is 17.6 Å². The smallest absolute Gasteiger partial charge is 0.324 e. The Balaban J connectivity index is 1.91. The number of nitrogens with one attached hydrogen (secondary N) is 1. The number of nitrogens with zero attached hydrogens (tertiary/aromatic N) is 1. The number of amides is 2. The molecule has 1 aliphatic heterocycles. The summed E-state index contributed by atoms with van der Waals surface area (Å²) in [5.74, 6) is -3.82. The highest BCUT2D eigenvalue weighted by Crippen LogP contribution is 2.25. The summed E-state index contributed by atoms with van der Waals surface area (Å²) >= 11 is 0.